The van der Waals surface area contributed by atoms with Crippen LogP contribution < -0.4 is 5.32 Å². The maximum absolute atomic E-state index is 13.8. The van der Waals surface area contributed by atoms with Crippen LogP contribution in [-0.2, 0) is 11.2 Å². The molecule has 5 heteroatoms. The van der Waals surface area contributed by atoms with Gasteiger partial charge in [-0.25, -0.2) is 4.39 Å². The van der Waals surface area contributed by atoms with Gasteiger partial charge in [-0.2, -0.15) is 0 Å². The lowest BCUT2D eigenvalue weighted by atomic mass is 9.86. The second-order valence-electron chi connectivity index (χ2n) is 5.69. The number of ether oxygens (including phenoxy) is 1. The normalized spacial score (nSPS) is 11.9. The minimum Gasteiger partial charge on any atom is -0.383 e. The van der Waals surface area contributed by atoms with Crippen LogP contribution in [0.4, 0.5) is 4.39 Å². The van der Waals surface area contributed by atoms with Crippen molar-refractivity contribution in [2.75, 3.05) is 26.8 Å². The lowest BCUT2D eigenvalue weighted by Gasteiger charge is -2.25. The molecule has 114 valence electrons. The molecule has 0 aromatic heterocycles. The minimum absolute atomic E-state index is 0.0970. The molecule has 0 saturated heterocycles. The van der Waals surface area contributed by atoms with Gasteiger partial charge in [0, 0.05) is 24.7 Å². The molecule has 0 aliphatic rings. The van der Waals surface area contributed by atoms with Crippen molar-refractivity contribution in [2.45, 2.75) is 26.7 Å². The quantitative estimate of drug-likeness (QED) is 0.542. The fourth-order valence-corrected chi connectivity index (χ4v) is 2.42. The number of methoxy groups -OCH3 is 1. The average Bonchev–Trinajstić information content (AvgIpc) is 2.37. The fraction of sp³-hybridized carbons (Fsp3) is 0.600. The topological polar surface area (TPSA) is 21.3 Å². The predicted octanol–water partition coefficient (Wildman–Crippen LogP) is 4.44. The molecule has 0 atom stereocenters. The Balaban J connectivity index is 2.51. The van der Waals surface area contributed by atoms with Gasteiger partial charge in [-0.15, -0.1) is 0 Å². The number of halogens is 3. The number of hydrogen-bond acceptors (Lipinski definition) is 2. The summed E-state index contributed by atoms with van der Waals surface area (Å²) >= 11 is 9.24. The third-order valence-corrected chi connectivity index (χ3v) is 4.44. The van der Waals surface area contributed by atoms with Crippen LogP contribution >= 0.6 is 27.5 Å². The van der Waals surface area contributed by atoms with E-state index in [0.29, 0.717) is 28.1 Å². The first-order chi connectivity index (χ1) is 9.35. The number of nitrogens with one attached hydrogen (secondary N) is 1. The first-order valence-electron chi connectivity index (χ1n) is 6.69. The molecule has 2 nitrogen and oxygen atoms in total. The van der Waals surface area contributed by atoms with Crippen molar-refractivity contribution >= 4 is 27.5 Å². The van der Waals surface area contributed by atoms with Crippen LogP contribution in [0.15, 0.2) is 16.6 Å². The highest BCUT2D eigenvalue weighted by molar-refractivity contribution is 9.10. The van der Waals surface area contributed by atoms with Gasteiger partial charge in [-0.05, 0) is 51.9 Å². The Morgan fingerprint density at radius 1 is 1.40 bits per heavy atom. The molecule has 1 aromatic rings. The van der Waals surface area contributed by atoms with Crippen LogP contribution in [0.25, 0.3) is 0 Å². The zero-order chi connectivity index (χ0) is 15.2. The summed E-state index contributed by atoms with van der Waals surface area (Å²) in [5, 5.41) is 3.90. The molecular formula is C15H22BrClFNO. The Hall–Kier alpha value is -0.160. The van der Waals surface area contributed by atoms with Gasteiger partial charge in [0.1, 0.15) is 5.82 Å². The van der Waals surface area contributed by atoms with E-state index in [4.69, 9.17) is 16.3 Å². The molecule has 1 N–H and O–H groups in total. The van der Waals surface area contributed by atoms with Gasteiger partial charge in [0.05, 0.1) is 11.6 Å². The summed E-state index contributed by atoms with van der Waals surface area (Å²) in [4.78, 5) is 0. The summed E-state index contributed by atoms with van der Waals surface area (Å²) in [6, 6.07) is 3.14. The first-order valence-corrected chi connectivity index (χ1v) is 7.86. The van der Waals surface area contributed by atoms with Crippen LogP contribution in [-0.4, -0.2) is 26.8 Å². The van der Waals surface area contributed by atoms with Gasteiger partial charge in [0.15, 0.2) is 0 Å². The van der Waals surface area contributed by atoms with E-state index in [1.807, 2.05) is 0 Å². The number of hydrogen-bond donors (Lipinski definition) is 1. The fourth-order valence-electron chi connectivity index (χ4n) is 1.92. The summed E-state index contributed by atoms with van der Waals surface area (Å²) in [6.45, 7) is 6.75. The van der Waals surface area contributed by atoms with Crippen molar-refractivity contribution in [1.82, 2.24) is 5.32 Å². The molecular weight excluding hydrogens is 345 g/mol. The Bertz CT molecular complexity index is 440. The lowest BCUT2D eigenvalue weighted by Crippen LogP contribution is -2.32. The molecule has 0 heterocycles. The third-order valence-electron chi connectivity index (χ3n) is 3.25. The summed E-state index contributed by atoms with van der Waals surface area (Å²) in [6.07, 6.45) is 1.57. The highest BCUT2D eigenvalue weighted by atomic mass is 79.9. The van der Waals surface area contributed by atoms with Crippen LogP contribution in [0.5, 0.6) is 0 Å². The van der Waals surface area contributed by atoms with Crippen molar-refractivity contribution in [2.24, 2.45) is 5.41 Å². The summed E-state index contributed by atoms with van der Waals surface area (Å²) < 4.78 is 19.4. The van der Waals surface area contributed by atoms with E-state index in [2.05, 4.69) is 35.1 Å². The zero-order valence-corrected chi connectivity index (χ0v) is 14.6. The van der Waals surface area contributed by atoms with E-state index in [-0.39, 0.29) is 11.2 Å². The Labute approximate surface area is 134 Å². The highest BCUT2D eigenvalue weighted by Crippen LogP contribution is 2.28. The van der Waals surface area contributed by atoms with E-state index < -0.39 is 0 Å². The second kappa shape index (κ2) is 8.32. The molecule has 0 bridgehead atoms. The van der Waals surface area contributed by atoms with Crippen LogP contribution in [0.1, 0.15) is 25.8 Å². The Morgan fingerprint density at radius 3 is 2.75 bits per heavy atom. The molecule has 0 fully saturated rings. The predicted molar refractivity (Wildman–Crippen MR) is 86.0 cm³/mol. The van der Waals surface area contributed by atoms with Crippen molar-refractivity contribution < 1.29 is 9.13 Å². The van der Waals surface area contributed by atoms with Crippen molar-refractivity contribution in [3.05, 3.63) is 33.0 Å². The highest BCUT2D eigenvalue weighted by Gasteiger charge is 2.18. The SMILES string of the molecule is COCCNCC(C)(C)CCc1cc(Cl)c(Br)cc1F. The smallest absolute Gasteiger partial charge is 0.127 e. The van der Waals surface area contributed by atoms with Crippen LogP contribution in [0.3, 0.4) is 0 Å². The maximum Gasteiger partial charge on any atom is 0.127 e. The molecule has 0 radical (unpaired) electrons. The average molecular weight is 367 g/mol. The molecule has 0 aliphatic carbocycles. The van der Waals surface area contributed by atoms with Gasteiger partial charge in [0.25, 0.3) is 0 Å². The molecule has 1 aromatic carbocycles. The molecule has 0 amide bonds. The van der Waals surface area contributed by atoms with E-state index in [9.17, 15) is 4.39 Å². The van der Waals surface area contributed by atoms with E-state index in [1.54, 1.807) is 13.2 Å². The van der Waals surface area contributed by atoms with Gasteiger partial charge in [0.2, 0.25) is 0 Å². The van der Waals surface area contributed by atoms with Gasteiger partial charge in [-0.3, -0.25) is 0 Å². The molecule has 0 saturated carbocycles. The summed E-state index contributed by atoms with van der Waals surface area (Å²) in [5.74, 6) is -0.204. The molecule has 1 rings (SSSR count). The Morgan fingerprint density at radius 2 is 2.10 bits per heavy atom. The molecule has 0 unspecified atom stereocenters. The second-order valence-corrected chi connectivity index (χ2v) is 6.95. The van der Waals surface area contributed by atoms with Crippen molar-refractivity contribution in [1.29, 1.82) is 0 Å². The number of benzene rings is 1. The largest absolute Gasteiger partial charge is 0.383 e. The van der Waals surface area contributed by atoms with E-state index in [1.165, 1.54) is 6.07 Å². The zero-order valence-electron chi connectivity index (χ0n) is 12.2. The Kier molecular flexibility index (Phi) is 7.45. The number of aryl methyl sites for hydroxylation is 1. The van der Waals surface area contributed by atoms with Crippen LogP contribution in [0.2, 0.25) is 5.02 Å². The van der Waals surface area contributed by atoms with E-state index >= 15 is 0 Å². The van der Waals surface area contributed by atoms with Gasteiger partial charge < -0.3 is 10.1 Å². The third kappa shape index (κ3) is 6.08. The minimum atomic E-state index is -0.204. The first kappa shape index (κ1) is 17.9. The standard InChI is InChI=1S/C15H22BrClFNO/c1-15(2,10-19-6-7-20-3)5-4-11-8-13(17)12(16)9-14(11)18/h8-9,19H,4-7,10H2,1-3H3. The van der Waals surface area contributed by atoms with Gasteiger partial charge in [-0.1, -0.05) is 25.4 Å². The van der Waals surface area contributed by atoms with Crippen molar-refractivity contribution in [3.63, 3.8) is 0 Å². The molecule has 0 spiro atoms. The van der Waals surface area contributed by atoms with Crippen molar-refractivity contribution in [3.8, 4) is 0 Å². The number of rotatable bonds is 8. The monoisotopic (exact) mass is 365 g/mol. The van der Waals surface area contributed by atoms with Crippen LogP contribution in [0, 0.1) is 11.2 Å². The summed E-state index contributed by atoms with van der Waals surface area (Å²) in [7, 11) is 1.69. The molecule has 0 aliphatic heterocycles. The molecule has 20 heavy (non-hydrogen) atoms. The van der Waals surface area contributed by atoms with E-state index in [0.717, 1.165) is 19.5 Å². The maximum atomic E-state index is 13.8. The van der Waals surface area contributed by atoms with Gasteiger partial charge >= 0.3 is 0 Å². The lowest BCUT2D eigenvalue weighted by molar-refractivity contribution is 0.193. The summed E-state index contributed by atoms with van der Waals surface area (Å²) in [5.41, 5.74) is 0.767.